The Morgan fingerprint density at radius 2 is 1.80 bits per heavy atom. The van der Waals surface area contributed by atoms with E-state index in [2.05, 4.69) is 25.9 Å². The second kappa shape index (κ2) is 14.4. The predicted molar refractivity (Wildman–Crippen MR) is 148 cm³/mol. The highest BCUT2D eigenvalue weighted by Crippen LogP contribution is 2.29. The molecule has 1 aliphatic carbocycles. The Morgan fingerprint density at radius 3 is 2.40 bits per heavy atom. The Hall–Kier alpha value is -4.00. The van der Waals surface area contributed by atoms with Crippen molar-refractivity contribution in [2.75, 3.05) is 0 Å². The van der Waals surface area contributed by atoms with E-state index >= 15 is 0 Å². The van der Waals surface area contributed by atoms with Gasteiger partial charge in [0.25, 0.3) is 0 Å². The SMILES string of the molecule is CC(C)(C)OC(=O)NC(CC1CCC(NC(=NC(=O)O)NC(=O)OCc2ccccc2)CC1)C(=O)c1nccs1. The fraction of sp³-hybridized carbons (Fsp3) is 0.481. The van der Waals surface area contributed by atoms with E-state index < -0.39 is 29.9 Å². The van der Waals surface area contributed by atoms with Crippen LogP contribution in [0.4, 0.5) is 14.4 Å². The van der Waals surface area contributed by atoms with Gasteiger partial charge in [-0.05, 0) is 64.4 Å². The number of amides is 3. The molecular weight excluding hydrogens is 538 g/mol. The highest BCUT2D eigenvalue weighted by atomic mass is 32.1. The smallest absolute Gasteiger partial charge is 0.434 e. The molecule has 1 aromatic heterocycles. The van der Waals surface area contributed by atoms with Crippen LogP contribution in [0.2, 0.25) is 0 Å². The molecule has 0 saturated heterocycles. The number of aromatic nitrogens is 1. The van der Waals surface area contributed by atoms with E-state index in [0.29, 0.717) is 37.1 Å². The van der Waals surface area contributed by atoms with Crippen LogP contribution in [-0.4, -0.2) is 57.8 Å². The number of carbonyl (C=O) groups excluding carboxylic acids is 3. The zero-order chi connectivity index (χ0) is 29.1. The molecule has 216 valence electrons. The Kier molecular flexibility index (Phi) is 11.0. The Labute approximate surface area is 236 Å². The van der Waals surface area contributed by atoms with Crippen LogP contribution in [0, 0.1) is 5.92 Å². The molecule has 0 radical (unpaired) electrons. The van der Waals surface area contributed by atoms with Gasteiger partial charge in [0.05, 0.1) is 6.04 Å². The van der Waals surface area contributed by atoms with Crippen molar-refractivity contribution in [2.45, 2.75) is 77.2 Å². The number of hydrogen-bond acceptors (Lipinski definition) is 8. The lowest BCUT2D eigenvalue weighted by atomic mass is 9.81. The standard InChI is InChI=1S/C27H35N5O7S/c1-27(2,3)39-26(37)30-20(21(33)22-28-13-14-40-22)15-17-9-11-19(12-10-17)29-23(31-24(34)35)32-25(36)38-16-18-7-5-4-6-8-18/h4-8,13-14,17,19-20H,9-12,15-16H2,1-3H3,(H,30,37)(H,34,35)(H2,29,31,32,36). The molecule has 0 aliphatic heterocycles. The average molecular weight is 574 g/mol. The largest absolute Gasteiger partial charge is 0.463 e. The molecule has 1 saturated carbocycles. The molecule has 0 spiro atoms. The number of guanidine groups is 1. The maximum atomic E-state index is 13.1. The summed E-state index contributed by atoms with van der Waals surface area (Å²) in [4.78, 5) is 56.5. The van der Waals surface area contributed by atoms with Gasteiger partial charge in [-0.2, -0.15) is 0 Å². The molecule has 0 bridgehead atoms. The lowest BCUT2D eigenvalue weighted by molar-refractivity contribution is 0.0480. The van der Waals surface area contributed by atoms with E-state index in [1.807, 2.05) is 18.2 Å². The lowest BCUT2D eigenvalue weighted by Gasteiger charge is -2.32. The number of hydrogen-bond donors (Lipinski definition) is 4. The predicted octanol–water partition coefficient (Wildman–Crippen LogP) is 4.72. The van der Waals surface area contributed by atoms with Gasteiger partial charge in [-0.3, -0.25) is 10.1 Å². The summed E-state index contributed by atoms with van der Waals surface area (Å²) in [5, 5.41) is 19.2. The van der Waals surface area contributed by atoms with Crippen LogP contribution >= 0.6 is 11.3 Å². The molecule has 1 heterocycles. The number of nitrogens with zero attached hydrogens (tertiary/aromatic N) is 2. The van der Waals surface area contributed by atoms with E-state index in [-0.39, 0.29) is 30.3 Å². The third kappa shape index (κ3) is 10.6. The molecule has 4 N–H and O–H groups in total. The quantitative estimate of drug-likeness (QED) is 0.198. The van der Waals surface area contributed by atoms with E-state index in [9.17, 15) is 19.2 Å². The molecule has 1 fully saturated rings. The first-order valence-electron chi connectivity index (χ1n) is 13.0. The van der Waals surface area contributed by atoms with E-state index in [1.54, 1.807) is 44.5 Å². The maximum absolute atomic E-state index is 13.1. The maximum Gasteiger partial charge on any atom is 0.434 e. The zero-order valence-corrected chi connectivity index (χ0v) is 23.5. The summed E-state index contributed by atoms with van der Waals surface area (Å²) in [5.41, 5.74) is 0.0771. The van der Waals surface area contributed by atoms with Crippen LogP contribution in [-0.2, 0) is 16.1 Å². The molecule has 1 aromatic carbocycles. The normalized spacial score (nSPS) is 18.2. The van der Waals surface area contributed by atoms with Crippen molar-refractivity contribution in [2.24, 2.45) is 10.9 Å². The third-order valence-electron chi connectivity index (χ3n) is 6.05. The van der Waals surface area contributed by atoms with Crippen molar-refractivity contribution in [1.82, 2.24) is 20.9 Å². The molecule has 1 unspecified atom stereocenters. The molecule has 12 nitrogen and oxygen atoms in total. The van der Waals surface area contributed by atoms with Crippen LogP contribution in [0.15, 0.2) is 46.9 Å². The fourth-order valence-corrected chi connectivity index (χ4v) is 4.92. The first-order valence-corrected chi connectivity index (χ1v) is 13.9. The first kappa shape index (κ1) is 30.5. The van der Waals surface area contributed by atoms with Crippen LogP contribution in [0.3, 0.4) is 0 Å². The van der Waals surface area contributed by atoms with Gasteiger partial charge in [0.2, 0.25) is 11.7 Å². The molecule has 3 rings (SSSR count). The first-order chi connectivity index (χ1) is 19.0. The monoisotopic (exact) mass is 573 g/mol. The zero-order valence-electron chi connectivity index (χ0n) is 22.7. The molecule has 40 heavy (non-hydrogen) atoms. The van der Waals surface area contributed by atoms with Crippen molar-refractivity contribution in [1.29, 1.82) is 0 Å². The lowest BCUT2D eigenvalue weighted by Crippen LogP contribution is -2.48. The number of thiazole rings is 1. The highest BCUT2D eigenvalue weighted by Gasteiger charge is 2.31. The van der Waals surface area contributed by atoms with Gasteiger partial charge in [0.1, 0.15) is 12.2 Å². The Balaban J connectivity index is 1.54. The van der Waals surface area contributed by atoms with Gasteiger partial charge in [0.15, 0.2) is 5.01 Å². The topological polar surface area (TPSA) is 168 Å². The van der Waals surface area contributed by atoms with Crippen molar-refractivity contribution in [3.05, 3.63) is 52.5 Å². The van der Waals surface area contributed by atoms with Crippen molar-refractivity contribution >= 4 is 41.4 Å². The molecule has 2 aromatic rings. The van der Waals surface area contributed by atoms with E-state index in [4.69, 9.17) is 14.6 Å². The van der Waals surface area contributed by atoms with Gasteiger partial charge in [-0.15, -0.1) is 16.3 Å². The van der Waals surface area contributed by atoms with Gasteiger partial charge in [-0.1, -0.05) is 30.3 Å². The Morgan fingerprint density at radius 1 is 1.10 bits per heavy atom. The Bertz CT molecular complexity index is 1170. The molecule has 1 atom stereocenters. The van der Waals surface area contributed by atoms with Crippen LogP contribution in [0.1, 0.15) is 68.2 Å². The van der Waals surface area contributed by atoms with Crippen LogP contribution in [0.5, 0.6) is 0 Å². The summed E-state index contributed by atoms with van der Waals surface area (Å²) in [7, 11) is 0. The van der Waals surface area contributed by atoms with Crippen LogP contribution in [0.25, 0.3) is 0 Å². The number of benzene rings is 1. The van der Waals surface area contributed by atoms with E-state index in [0.717, 1.165) is 5.56 Å². The number of rotatable bonds is 8. The minimum Gasteiger partial charge on any atom is -0.463 e. The summed E-state index contributed by atoms with van der Waals surface area (Å²) >= 11 is 1.21. The number of ether oxygens (including phenoxy) is 2. The molecular formula is C27H35N5O7S. The van der Waals surface area contributed by atoms with Crippen molar-refractivity contribution < 1.29 is 33.8 Å². The molecule has 13 heteroatoms. The number of alkyl carbamates (subject to hydrolysis) is 2. The number of aliphatic imine (C=N–C) groups is 1. The van der Waals surface area contributed by atoms with Gasteiger partial charge in [-0.25, -0.2) is 19.4 Å². The van der Waals surface area contributed by atoms with Crippen LogP contribution < -0.4 is 16.0 Å². The molecule has 3 amide bonds. The summed E-state index contributed by atoms with van der Waals surface area (Å²) < 4.78 is 10.5. The highest BCUT2D eigenvalue weighted by molar-refractivity contribution is 7.11. The minimum atomic E-state index is -1.46. The number of nitrogens with one attached hydrogen (secondary N) is 3. The van der Waals surface area contributed by atoms with Gasteiger partial charge in [0, 0.05) is 17.6 Å². The summed E-state index contributed by atoms with van der Waals surface area (Å²) in [6, 6.07) is 8.13. The third-order valence-corrected chi connectivity index (χ3v) is 6.84. The average Bonchev–Trinajstić information content (AvgIpc) is 3.42. The summed E-state index contributed by atoms with van der Waals surface area (Å²) in [6.07, 6.45) is 1.66. The number of Topliss-reactive ketones (excluding diaryl/α,β-unsaturated/α-hetero) is 1. The van der Waals surface area contributed by atoms with Crippen molar-refractivity contribution in [3.63, 3.8) is 0 Å². The number of ketones is 1. The number of carbonyl (C=O) groups is 4. The van der Waals surface area contributed by atoms with Crippen molar-refractivity contribution in [3.8, 4) is 0 Å². The summed E-state index contributed by atoms with van der Waals surface area (Å²) in [5.74, 6) is -0.363. The van der Waals surface area contributed by atoms with Gasteiger partial charge < -0.3 is 25.2 Å². The summed E-state index contributed by atoms with van der Waals surface area (Å²) in [6.45, 7) is 5.27. The number of carboxylic acid groups (broad SMARTS) is 1. The second-order valence-corrected chi connectivity index (χ2v) is 11.3. The van der Waals surface area contributed by atoms with Gasteiger partial charge >= 0.3 is 18.3 Å². The fourth-order valence-electron chi connectivity index (χ4n) is 4.29. The molecule has 1 aliphatic rings. The second-order valence-electron chi connectivity index (χ2n) is 10.4. The minimum absolute atomic E-state index is 0.0241. The van der Waals surface area contributed by atoms with E-state index in [1.165, 1.54) is 11.3 Å².